The summed E-state index contributed by atoms with van der Waals surface area (Å²) >= 11 is 0. The van der Waals surface area contributed by atoms with Crippen LogP contribution in [-0.2, 0) is 12.8 Å². The quantitative estimate of drug-likeness (QED) is 0.850. The van der Waals surface area contributed by atoms with Crippen LogP contribution in [-0.4, -0.2) is 32.9 Å². The van der Waals surface area contributed by atoms with Crippen LogP contribution < -0.4 is 5.32 Å². The average molecular weight is 264 g/mol. The Morgan fingerprint density at radius 2 is 1.84 bits per heavy atom. The number of rotatable bonds is 5. The highest BCUT2D eigenvalue weighted by Gasteiger charge is 2.25. The number of aliphatic hydroxyl groups is 1. The second-order valence-corrected chi connectivity index (χ2v) is 5.21. The van der Waals surface area contributed by atoms with Crippen molar-refractivity contribution in [3.8, 4) is 0 Å². The number of nitrogens with zero attached hydrogens (tertiary/aromatic N) is 3. The van der Waals surface area contributed by atoms with Gasteiger partial charge in [0.1, 0.15) is 0 Å². The van der Waals surface area contributed by atoms with Gasteiger partial charge in [-0.25, -0.2) is 4.98 Å². The van der Waals surface area contributed by atoms with Gasteiger partial charge < -0.3 is 10.4 Å². The van der Waals surface area contributed by atoms with Crippen LogP contribution in [0.3, 0.4) is 0 Å². The minimum absolute atomic E-state index is 0.235. The van der Waals surface area contributed by atoms with Gasteiger partial charge in [0.25, 0.3) is 0 Å². The fourth-order valence-electron chi connectivity index (χ4n) is 2.78. The zero-order valence-electron chi connectivity index (χ0n) is 11.9. The first kappa shape index (κ1) is 14.2. The Labute approximate surface area is 114 Å². The van der Waals surface area contributed by atoms with Crippen LogP contribution >= 0.6 is 0 Å². The minimum Gasteiger partial charge on any atom is -0.396 e. The van der Waals surface area contributed by atoms with Gasteiger partial charge in [-0.2, -0.15) is 5.10 Å². The van der Waals surface area contributed by atoms with E-state index in [9.17, 15) is 5.11 Å². The highest BCUT2D eigenvalue weighted by molar-refractivity contribution is 5.27. The molecule has 0 amide bonds. The monoisotopic (exact) mass is 264 g/mol. The lowest BCUT2D eigenvalue weighted by Crippen LogP contribution is -2.35. The first-order chi connectivity index (χ1) is 9.28. The maximum Gasteiger partial charge on any atom is 0.243 e. The maximum absolute atomic E-state index is 9.43. The van der Waals surface area contributed by atoms with E-state index >= 15 is 0 Å². The third-order valence-corrected chi connectivity index (χ3v) is 3.97. The molecule has 1 fully saturated rings. The molecule has 1 aliphatic rings. The molecule has 2 atom stereocenters. The van der Waals surface area contributed by atoms with Gasteiger partial charge in [0.15, 0.2) is 0 Å². The van der Waals surface area contributed by atoms with Crippen molar-refractivity contribution in [3.63, 3.8) is 0 Å². The normalized spacial score (nSPS) is 23.3. The fraction of sp³-hybridized carbons (Fsp3) is 0.786. The zero-order valence-corrected chi connectivity index (χ0v) is 11.9. The van der Waals surface area contributed by atoms with Crippen molar-refractivity contribution < 1.29 is 5.11 Å². The van der Waals surface area contributed by atoms with E-state index < -0.39 is 0 Å². The van der Waals surface area contributed by atoms with Gasteiger partial charge in [0, 0.05) is 18.6 Å². The molecule has 1 aromatic heterocycles. The summed E-state index contributed by atoms with van der Waals surface area (Å²) in [7, 11) is 0. The largest absolute Gasteiger partial charge is 0.396 e. The molecule has 0 aromatic carbocycles. The Bertz CT molecular complexity index is 410. The second-order valence-electron chi connectivity index (χ2n) is 5.21. The molecular formula is C14H24N4O. The minimum atomic E-state index is 0.235. The van der Waals surface area contributed by atoms with E-state index in [0.717, 1.165) is 37.1 Å². The van der Waals surface area contributed by atoms with Crippen LogP contribution in [0.2, 0.25) is 0 Å². The smallest absolute Gasteiger partial charge is 0.243 e. The van der Waals surface area contributed by atoms with E-state index in [1.54, 1.807) is 0 Å². The van der Waals surface area contributed by atoms with E-state index in [-0.39, 0.29) is 12.6 Å². The lowest BCUT2D eigenvalue weighted by atomic mass is 9.85. The lowest BCUT2D eigenvalue weighted by molar-refractivity contribution is 0.178. The highest BCUT2D eigenvalue weighted by atomic mass is 16.3. The molecule has 5 nitrogen and oxygen atoms in total. The summed E-state index contributed by atoms with van der Waals surface area (Å²) in [5.74, 6) is 0.924. The number of nitrogens with one attached hydrogen (secondary N) is 1. The van der Waals surface area contributed by atoms with Crippen LogP contribution in [0.4, 0.5) is 5.95 Å². The van der Waals surface area contributed by atoms with Crippen molar-refractivity contribution in [2.75, 3.05) is 11.9 Å². The molecule has 0 saturated heterocycles. The van der Waals surface area contributed by atoms with Crippen molar-refractivity contribution in [2.45, 2.75) is 58.4 Å². The molecule has 0 aliphatic heterocycles. The molecule has 2 rings (SSSR count). The predicted molar refractivity (Wildman–Crippen MR) is 75.0 cm³/mol. The SMILES string of the molecule is CCc1nnc(N[C@H]2CCCC[C@@H]2CO)nc1CC. The summed E-state index contributed by atoms with van der Waals surface area (Å²) in [6.45, 7) is 4.39. The Balaban J connectivity index is 2.09. The van der Waals surface area contributed by atoms with Crippen molar-refractivity contribution in [1.29, 1.82) is 0 Å². The van der Waals surface area contributed by atoms with Crippen molar-refractivity contribution in [1.82, 2.24) is 15.2 Å². The summed E-state index contributed by atoms with van der Waals surface area (Å²) in [4.78, 5) is 4.56. The van der Waals surface area contributed by atoms with E-state index in [0.29, 0.717) is 11.9 Å². The summed E-state index contributed by atoms with van der Waals surface area (Å²) in [6.07, 6.45) is 6.31. The number of aryl methyl sites for hydroxylation is 2. The average Bonchev–Trinajstić information content (AvgIpc) is 2.47. The van der Waals surface area contributed by atoms with Crippen LogP contribution in [0.1, 0.15) is 50.9 Å². The summed E-state index contributed by atoms with van der Waals surface area (Å²) in [5, 5.41) is 21.2. The molecule has 2 N–H and O–H groups in total. The zero-order chi connectivity index (χ0) is 13.7. The molecule has 0 spiro atoms. The third-order valence-electron chi connectivity index (χ3n) is 3.97. The van der Waals surface area contributed by atoms with Crippen molar-refractivity contribution in [3.05, 3.63) is 11.4 Å². The Morgan fingerprint density at radius 1 is 1.11 bits per heavy atom. The van der Waals surface area contributed by atoms with Crippen molar-refractivity contribution in [2.24, 2.45) is 5.92 Å². The van der Waals surface area contributed by atoms with Gasteiger partial charge in [-0.3, -0.25) is 0 Å². The number of anilines is 1. The molecule has 106 valence electrons. The molecular weight excluding hydrogens is 240 g/mol. The van der Waals surface area contributed by atoms with Crippen LogP contribution in [0.5, 0.6) is 0 Å². The lowest BCUT2D eigenvalue weighted by Gasteiger charge is -2.30. The fourth-order valence-corrected chi connectivity index (χ4v) is 2.78. The van der Waals surface area contributed by atoms with E-state index in [4.69, 9.17) is 0 Å². The molecule has 1 heterocycles. The molecule has 0 bridgehead atoms. The first-order valence-electron chi connectivity index (χ1n) is 7.38. The second kappa shape index (κ2) is 6.80. The summed E-state index contributed by atoms with van der Waals surface area (Å²) in [6, 6.07) is 0.276. The first-order valence-corrected chi connectivity index (χ1v) is 7.38. The van der Waals surface area contributed by atoms with Gasteiger partial charge in [-0.15, -0.1) is 5.10 Å². The van der Waals surface area contributed by atoms with Gasteiger partial charge in [-0.1, -0.05) is 26.7 Å². The number of aromatic nitrogens is 3. The Kier molecular flexibility index (Phi) is 5.07. The summed E-state index contributed by atoms with van der Waals surface area (Å²) < 4.78 is 0. The molecule has 1 aromatic rings. The Hall–Kier alpha value is -1.23. The molecule has 5 heteroatoms. The van der Waals surface area contributed by atoms with E-state index in [1.807, 2.05) is 0 Å². The van der Waals surface area contributed by atoms with E-state index in [1.165, 1.54) is 12.8 Å². The van der Waals surface area contributed by atoms with Gasteiger partial charge in [0.05, 0.1) is 11.4 Å². The number of hydrogen-bond acceptors (Lipinski definition) is 5. The van der Waals surface area contributed by atoms with E-state index in [2.05, 4.69) is 34.3 Å². The third kappa shape index (κ3) is 3.41. The van der Waals surface area contributed by atoms with Crippen molar-refractivity contribution >= 4 is 5.95 Å². The van der Waals surface area contributed by atoms with Gasteiger partial charge in [-0.05, 0) is 25.7 Å². The predicted octanol–water partition coefficient (Wildman–Crippen LogP) is 1.96. The van der Waals surface area contributed by atoms with Crippen LogP contribution in [0.25, 0.3) is 0 Å². The maximum atomic E-state index is 9.43. The van der Waals surface area contributed by atoms with Gasteiger partial charge >= 0.3 is 0 Å². The van der Waals surface area contributed by atoms with Crippen LogP contribution in [0.15, 0.2) is 0 Å². The molecule has 1 aliphatic carbocycles. The Morgan fingerprint density at radius 3 is 2.53 bits per heavy atom. The highest BCUT2D eigenvalue weighted by Crippen LogP contribution is 2.26. The summed E-state index contributed by atoms with van der Waals surface area (Å²) in [5.41, 5.74) is 2.01. The number of aliphatic hydroxyl groups excluding tert-OH is 1. The molecule has 0 radical (unpaired) electrons. The van der Waals surface area contributed by atoms with Crippen LogP contribution in [0, 0.1) is 5.92 Å². The number of hydrogen-bond donors (Lipinski definition) is 2. The standard InChI is InChI=1S/C14H24N4O/c1-3-11-12(4-2)17-18-14(15-11)16-13-8-6-5-7-10(13)9-19/h10,13,19H,3-9H2,1-2H3,(H,15,16,18)/t10-,13+/m1/s1. The van der Waals surface area contributed by atoms with Gasteiger partial charge in [0.2, 0.25) is 5.95 Å². The molecule has 0 unspecified atom stereocenters. The molecule has 19 heavy (non-hydrogen) atoms. The topological polar surface area (TPSA) is 70.9 Å². The molecule has 1 saturated carbocycles.